The highest BCUT2D eigenvalue weighted by molar-refractivity contribution is 7.10. The Kier molecular flexibility index (Phi) is 4.15. The third-order valence-electron chi connectivity index (χ3n) is 3.20. The van der Waals surface area contributed by atoms with Crippen molar-refractivity contribution < 1.29 is 0 Å². The lowest BCUT2D eigenvalue weighted by Crippen LogP contribution is -2.23. The fraction of sp³-hybridized carbons (Fsp3) is 0.400. The van der Waals surface area contributed by atoms with Gasteiger partial charge in [0.1, 0.15) is 0 Å². The summed E-state index contributed by atoms with van der Waals surface area (Å²) >= 11 is 1.80. The zero-order valence-corrected chi connectivity index (χ0v) is 12.3. The van der Waals surface area contributed by atoms with Gasteiger partial charge >= 0.3 is 0 Å². The fourth-order valence-electron chi connectivity index (χ4n) is 2.29. The summed E-state index contributed by atoms with van der Waals surface area (Å²) in [6.45, 7) is 9.41. The Balaban J connectivity index is 2.45. The van der Waals surface area contributed by atoms with Gasteiger partial charge in [-0.15, -0.1) is 11.3 Å². The van der Waals surface area contributed by atoms with E-state index in [0.717, 1.165) is 17.9 Å². The molecule has 18 heavy (non-hydrogen) atoms. The summed E-state index contributed by atoms with van der Waals surface area (Å²) in [5, 5.41) is 5.73. The molecule has 0 aliphatic rings. The molecule has 2 heterocycles. The van der Waals surface area contributed by atoms with Gasteiger partial charge in [-0.25, -0.2) is 0 Å². The van der Waals surface area contributed by atoms with E-state index in [1.54, 1.807) is 11.3 Å². The topological polar surface area (TPSA) is 24.9 Å². The molecule has 0 bridgehead atoms. The van der Waals surface area contributed by atoms with Crippen molar-refractivity contribution in [2.75, 3.05) is 6.54 Å². The van der Waals surface area contributed by atoms with Gasteiger partial charge in [-0.1, -0.05) is 13.0 Å². The van der Waals surface area contributed by atoms with E-state index in [-0.39, 0.29) is 6.04 Å². The maximum absolute atomic E-state index is 4.58. The lowest BCUT2D eigenvalue weighted by molar-refractivity contribution is 0.623. The minimum atomic E-state index is 0.259. The molecule has 0 aliphatic carbocycles. The van der Waals surface area contributed by atoms with Crippen molar-refractivity contribution in [3.8, 4) is 0 Å². The number of aryl methyl sites for hydroxylation is 3. The molecule has 0 radical (unpaired) electrons. The van der Waals surface area contributed by atoms with Crippen molar-refractivity contribution in [1.29, 1.82) is 0 Å². The van der Waals surface area contributed by atoms with E-state index in [1.807, 2.05) is 6.92 Å². The highest BCUT2D eigenvalue weighted by Gasteiger charge is 2.18. The highest BCUT2D eigenvalue weighted by Crippen LogP contribution is 2.29. The molecule has 0 fully saturated rings. The largest absolute Gasteiger partial charge is 0.306 e. The summed E-state index contributed by atoms with van der Waals surface area (Å²) in [6, 6.07) is 6.76. The van der Waals surface area contributed by atoms with Crippen LogP contribution in [0.15, 0.2) is 23.6 Å². The van der Waals surface area contributed by atoms with E-state index in [1.165, 1.54) is 16.0 Å². The van der Waals surface area contributed by atoms with Gasteiger partial charge in [0.05, 0.1) is 6.04 Å². The predicted octanol–water partition coefficient (Wildman–Crippen LogP) is 3.77. The van der Waals surface area contributed by atoms with Gasteiger partial charge in [-0.2, -0.15) is 0 Å². The Bertz CT molecular complexity index is 531. The minimum absolute atomic E-state index is 0.259. The number of pyridine rings is 1. The average molecular weight is 260 g/mol. The number of nitrogens with one attached hydrogen (secondary N) is 1. The van der Waals surface area contributed by atoms with Crippen molar-refractivity contribution in [1.82, 2.24) is 10.3 Å². The number of rotatable bonds is 4. The lowest BCUT2D eigenvalue weighted by Gasteiger charge is -2.20. The quantitative estimate of drug-likeness (QED) is 0.905. The molecule has 0 saturated heterocycles. The first-order chi connectivity index (χ1) is 8.63. The summed E-state index contributed by atoms with van der Waals surface area (Å²) in [6.07, 6.45) is 0. The molecule has 1 N–H and O–H groups in total. The van der Waals surface area contributed by atoms with E-state index in [4.69, 9.17) is 0 Å². The van der Waals surface area contributed by atoms with Gasteiger partial charge in [-0.3, -0.25) is 4.98 Å². The highest BCUT2D eigenvalue weighted by atomic mass is 32.1. The smallest absolute Gasteiger partial charge is 0.0605 e. The normalized spacial score (nSPS) is 12.7. The van der Waals surface area contributed by atoms with E-state index in [0.29, 0.717) is 0 Å². The molecular formula is C15H20N2S. The Morgan fingerprint density at radius 1 is 1.17 bits per heavy atom. The van der Waals surface area contributed by atoms with Crippen LogP contribution in [0, 0.1) is 20.8 Å². The van der Waals surface area contributed by atoms with E-state index in [9.17, 15) is 0 Å². The number of aromatic nitrogens is 1. The van der Waals surface area contributed by atoms with Crippen LogP contribution in [0.25, 0.3) is 0 Å². The SMILES string of the molecule is CCNC(c1ccc(C)nc1C)c1ccsc1C. The van der Waals surface area contributed by atoms with Crippen LogP contribution in [0.5, 0.6) is 0 Å². The Morgan fingerprint density at radius 2 is 1.94 bits per heavy atom. The number of hydrogen-bond acceptors (Lipinski definition) is 3. The van der Waals surface area contributed by atoms with Crippen LogP contribution in [0.2, 0.25) is 0 Å². The standard InChI is InChI=1S/C15H20N2S/c1-5-16-15(14-8-9-18-12(14)4)13-7-6-10(2)17-11(13)3/h6-9,15-16H,5H2,1-4H3. The first-order valence-corrected chi connectivity index (χ1v) is 7.23. The summed E-state index contributed by atoms with van der Waals surface area (Å²) in [4.78, 5) is 5.96. The van der Waals surface area contributed by atoms with Gasteiger partial charge in [0, 0.05) is 16.3 Å². The monoisotopic (exact) mass is 260 g/mol. The van der Waals surface area contributed by atoms with Gasteiger partial charge in [-0.05, 0) is 56.0 Å². The lowest BCUT2D eigenvalue weighted by atomic mass is 9.98. The molecule has 1 unspecified atom stereocenters. The average Bonchev–Trinajstić information content (AvgIpc) is 2.73. The molecule has 0 aliphatic heterocycles. The van der Waals surface area contributed by atoms with Crippen LogP contribution in [-0.4, -0.2) is 11.5 Å². The summed E-state index contributed by atoms with van der Waals surface area (Å²) in [5.41, 5.74) is 4.85. The van der Waals surface area contributed by atoms with Crippen LogP contribution >= 0.6 is 11.3 Å². The van der Waals surface area contributed by atoms with Crippen molar-refractivity contribution in [2.45, 2.75) is 33.7 Å². The van der Waals surface area contributed by atoms with Gasteiger partial charge in [0.25, 0.3) is 0 Å². The Labute approximate surface area is 113 Å². The summed E-state index contributed by atoms with van der Waals surface area (Å²) < 4.78 is 0. The zero-order chi connectivity index (χ0) is 13.1. The third-order valence-corrected chi connectivity index (χ3v) is 4.06. The molecule has 0 saturated carbocycles. The molecule has 3 heteroatoms. The van der Waals surface area contributed by atoms with Crippen molar-refractivity contribution >= 4 is 11.3 Å². The second-order valence-electron chi connectivity index (χ2n) is 4.55. The zero-order valence-electron chi connectivity index (χ0n) is 11.4. The maximum atomic E-state index is 4.58. The summed E-state index contributed by atoms with van der Waals surface area (Å²) in [5.74, 6) is 0. The molecule has 0 spiro atoms. The molecule has 96 valence electrons. The molecular weight excluding hydrogens is 240 g/mol. The van der Waals surface area contributed by atoms with Crippen molar-refractivity contribution in [3.05, 3.63) is 51.0 Å². The summed E-state index contributed by atoms with van der Waals surface area (Å²) in [7, 11) is 0. The third kappa shape index (κ3) is 2.62. The van der Waals surface area contributed by atoms with Crippen molar-refractivity contribution in [3.63, 3.8) is 0 Å². The van der Waals surface area contributed by atoms with E-state index >= 15 is 0 Å². The number of hydrogen-bond donors (Lipinski definition) is 1. The van der Waals surface area contributed by atoms with Crippen LogP contribution < -0.4 is 5.32 Å². The predicted molar refractivity (Wildman–Crippen MR) is 78.3 cm³/mol. The van der Waals surface area contributed by atoms with E-state index < -0.39 is 0 Å². The van der Waals surface area contributed by atoms with Crippen LogP contribution in [0.1, 0.15) is 40.4 Å². The van der Waals surface area contributed by atoms with Gasteiger partial charge < -0.3 is 5.32 Å². The van der Waals surface area contributed by atoms with Crippen LogP contribution in [0.4, 0.5) is 0 Å². The second kappa shape index (κ2) is 5.63. The number of nitrogens with zero attached hydrogens (tertiary/aromatic N) is 1. The molecule has 2 aromatic heterocycles. The fourth-order valence-corrected chi connectivity index (χ4v) is 3.03. The van der Waals surface area contributed by atoms with Crippen LogP contribution in [0.3, 0.4) is 0 Å². The second-order valence-corrected chi connectivity index (χ2v) is 5.67. The molecule has 2 nitrogen and oxygen atoms in total. The molecule has 2 rings (SSSR count). The molecule has 0 aromatic carbocycles. The maximum Gasteiger partial charge on any atom is 0.0605 e. The molecule has 0 amide bonds. The molecule has 2 aromatic rings. The Hall–Kier alpha value is -1.19. The molecule has 1 atom stereocenters. The van der Waals surface area contributed by atoms with Crippen LogP contribution in [-0.2, 0) is 0 Å². The Morgan fingerprint density at radius 3 is 2.50 bits per heavy atom. The van der Waals surface area contributed by atoms with Gasteiger partial charge in [0.2, 0.25) is 0 Å². The number of thiophene rings is 1. The first kappa shape index (κ1) is 13.2. The van der Waals surface area contributed by atoms with Crippen molar-refractivity contribution in [2.24, 2.45) is 0 Å². The first-order valence-electron chi connectivity index (χ1n) is 6.35. The van der Waals surface area contributed by atoms with Gasteiger partial charge in [0.15, 0.2) is 0 Å². The minimum Gasteiger partial charge on any atom is -0.306 e. The van der Waals surface area contributed by atoms with E-state index in [2.05, 4.69) is 54.7 Å².